The van der Waals surface area contributed by atoms with E-state index in [1.54, 1.807) is 6.20 Å². The van der Waals surface area contributed by atoms with Gasteiger partial charge in [-0.2, -0.15) is 5.26 Å². The van der Waals surface area contributed by atoms with E-state index in [1.165, 1.54) is 5.69 Å². The van der Waals surface area contributed by atoms with E-state index in [0.717, 1.165) is 16.7 Å². The molecule has 2 N–H and O–H groups in total. The van der Waals surface area contributed by atoms with Crippen molar-refractivity contribution in [1.82, 2.24) is 9.55 Å². The molecule has 2 rings (SSSR count). The van der Waals surface area contributed by atoms with E-state index in [0.29, 0.717) is 24.2 Å². The van der Waals surface area contributed by atoms with Crippen molar-refractivity contribution in [3.8, 4) is 6.07 Å². The van der Waals surface area contributed by atoms with Crippen LogP contribution in [0.1, 0.15) is 75.8 Å². The third-order valence-corrected chi connectivity index (χ3v) is 3.67. The maximum Gasteiger partial charge on any atom is 0.128 e. The predicted octanol–water partition coefficient (Wildman–Crippen LogP) is 4.66. The minimum atomic E-state index is 0.324. The molecule has 0 spiro atoms. The van der Waals surface area contributed by atoms with E-state index in [1.807, 2.05) is 32.2 Å². The van der Waals surface area contributed by atoms with Crippen LogP contribution in [0.2, 0.25) is 0 Å². The summed E-state index contributed by atoms with van der Waals surface area (Å²) in [5.74, 6) is 1.22. The van der Waals surface area contributed by atoms with Crippen molar-refractivity contribution in [3.05, 3.63) is 46.9 Å². The summed E-state index contributed by atoms with van der Waals surface area (Å²) in [7, 11) is 0. The number of nitrogen functional groups attached to an aromatic ring is 1. The highest BCUT2D eigenvalue weighted by Crippen LogP contribution is 2.31. The number of nitrogens with two attached hydrogens (primary N) is 1. The summed E-state index contributed by atoms with van der Waals surface area (Å²) in [6, 6.07) is 6.19. The molecule has 0 radical (unpaired) electrons. The third-order valence-electron chi connectivity index (χ3n) is 3.67. The summed E-state index contributed by atoms with van der Waals surface area (Å²) in [4.78, 5) is 4.13. The lowest BCUT2D eigenvalue weighted by Crippen LogP contribution is -2.09. The largest absolute Gasteiger partial charge is 0.383 e. The molecule has 4 heteroatoms. The SMILES string of the molecule is CC.CC(C)c1c(C#N)cn(Cc2cccnc2N)c1C(C)C. The molecular weight excluding hydrogens is 284 g/mol. The van der Waals surface area contributed by atoms with Gasteiger partial charge in [-0.05, 0) is 23.5 Å². The quantitative estimate of drug-likeness (QED) is 0.892. The van der Waals surface area contributed by atoms with Crippen molar-refractivity contribution in [2.45, 2.75) is 59.9 Å². The van der Waals surface area contributed by atoms with Gasteiger partial charge in [0.05, 0.1) is 12.1 Å². The number of anilines is 1. The zero-order chi connectivity index (χ0) is 17.6. The minimum Gasteiger partial charge on any atom is -0.383 e. The number of rotatable bonds is 4. The Labute approximate surface area is 140 Å². The molecule has 0 aliphatic carbocycles. The van der Waals surface area contributed by atoms with Crippen LogP contribution < -0.4 is 5.73 Å². The second kappa shape index (κ2) is 8.38. The van der Waals surface area contributed by atoms with Crippen LogP contribution in [0.5, 0.6) is 0 Å². The fraction of sp³-hybridized carbons (Fsp3) is 0.474. The molecule has 0 aliphatic heterocycles. The number of nitrogens with zero attached hydrogens (tertiary/aromatic N) is 3. The Morgan fingerprint density at radius 3 is 2.35 bits per heavy atom. The van der Waals surface area contributed by atoms with Crippen LogP contribution in [0.3, 0.4) is 0 Å². The van der Waals surface area contributed by atoms with Gasteiger partial charge >= 0.3 is 0 Å². The Balaban J connectivity index is 0.00000127. The molecule has 0 saturated heterocycles. The lowest BCUT2D eigenvalue weighted by molar-refractivity contribution is 0.673. The molecule has 0 amide bonds. The molecule has 2 aromatic rings. The van der Waals surface area contributed by atoms with Gasteiger partial charge in [0.25, 0.3) is 0 Å². The van der Waals surface area contributed by atoms with E-state index in [9.17, 15) is 5.26 Å². The first-order valence-electron chi connectivity index (χ1n) is 8.28. The Morgan fingerprint density at radius 2 is 1.87 bits per heavy atom. The summed E-state index contributed by atoms with van der Waals surface area (Å²) < 4.78 is 2.14. The monoisotopic (exact) mass is 312 g/mol. The number of hydrogen-bond acceptors (Lipinski definition) is 3. The first-order chi connectivity index (χ1) is 11.0. The molecule has 23 heavy (non-hydrogen) atoms. The minimum absolute atomic E-state index is 0.324. The number of nitriles is 1. The number of aromatic nitrogens is 2. The number of hydrogen-bond donors (Lipinski definition) is 1. The van der Waals surface area contributed by atoms with Gasteiger partial charge in [-0.1, -0.05) is 47.6 Å². The average Bonchev–Trinajstić information content (AvgIpc) is 2.90. The van der Waals surface area contributed by atoms with Crippen LogP contribution in [0.15, 0.2) is 24.5 Å². The summed E-state index contributed by atoms with van der Waals surface area (Å²) in [6.07, 6.45) is 3.63. The van der Waals surface area contributed by atoms with Crippen molar-refractivity contribution in [2.75, 3.05) is 5.73 Å². The van der Waals surface area contributed by atoms with Gasteiger partial charge < -0.3 is 10.3 Å². The van der Waals surface area contributed by atoms with E-state index >= 15 is 0 Å². The van der Waals surface area contributed by atoms with Crippen LogP contribution in [0, 0.1) is 11.3 Å². The van der Waals surface area contributed by atoms with Crippen molar-refractivity contribution >= 4 is 5.82 Å². The van der Waals surface area contributed by atoms with Gasteiger partial charge in [-0.3, -0.25) is 0 Å². The number of pyridine rings is 1. The van der Waals surface area contributed by atoms with E-state index < -0.39 is 0 Å². The summed E-state index contributed by atoms with van der Waals surface area (Å²) in [5, 5.41) is 9.41. The predicted molar refractivity (Wildman–Crippen MR) is 96.4 cm³/mol. The molecule has 2 heterocycles. The van der Waals surface area contributed by atoms with Gasteiger partial charge in [0.15, 0.2) is 0 Å². The van der Waals surface area contributed by atoms with E-state index in [4.69, 9.17) is 5.73 Å². The van der Waals surface area contributed by atoms with Gasteiger partial charge in [0, 0.05) is 23.7 Å². The molecule has 0 unspecified atom stereocenters. The zero-order valence-corrected chi connectivity index (χ0v) is 15.1. The lowest BCUT2D eigenvalue weighted by atomic mass is 9.94. The maximum atomic E-state index is 9.41. The first-order valence-corrected chi connectivity index (χ1v) is 8.28. The Bertz CT molecular complexity index is 675. The normalized spacial score (nSPS) is 10.4. The van der Waals surface area contributed by atoms with Gasteiger partial charge in [0.1, 0.15) is 11.9 Å². The molecule has 124 valence electrons. The van der Waals surface area contributed by atoms with Crippen molar-refractivity contribution in [2.24, 2.45) is 0 Å². The summed E-state index contributed by atoms with van der Waals surface area (Å²) >= 11 is 0. The van der Waals surface area contributed by atoms with Crippen molar-refractivity contribution in [3.63, 3.8) is 0 Å². The molecule has 0 bridgehead atoms. The van der Waals surface area contributed by atoms with Crippen LogP contribution >= 0.6 is 0 Å². The summed E-state index contributed by atoms with van der Waals surface area (Å²) in [6.45, 7) is 13.2. The van der Waals surface area contributed by atoms with Crippen molar-refractivity contribution in [1.29, 1.82) is 5.26 Å². The molecule has 0 fully saturated rings. The molecule has 0 saturated carbocycles. The molecule has 4 nitrogen and oxygen atoms in total. The van der Waals surface area contributed by atoms with Crippen LogP contribution in [0.4, 0.5) is 5.82 Å². The van der Waals surface area contributed by atoms with Crippen molar-refractivity contribution < 1.29 is 0 Å². The molecule has 0 aliphatic rings. The first kappa shape index (κ1) is 18.8. The highest BCUT2D eigenvalue weighted by molar-refractivity contribution is 5.46. The topological polar surface area (TPSA) is 67.6 Å². The van der Waals surface area contributed by atoms with Gasteiger partial charge in [0.2, 0.25) is 0 Å². The third kappa shape index (κ3) is 4.13. The standard InChI is InChI=1S/C17H22N4.C2H6/c1-11(2)15-14(8-18)10-21(16(15)12(3)4)9-13-6-5-7-20-17(13)19;1-2/h5-7,10-12H,9H2,1-4H3,(H2,19,20);1-2H3. The average molecular weight is 312 g/mol. The Kier molecular flexibility index (Phi) is 6.84. The second-order valence-electron chi connectivity index (χ2n) is 5.94. The van der Waals surface area contributed by atoms with E-state index in [2.05, 4.69) is 43.3 Å². The Morgan fingerprint density at radius 1 is 1.22 bits per heavy atom. The molecule has 0 aromatic carbocycles. The highest BCUT2D eigenvalue weighted by Gasteiger charge is 2.21. The Hall–Kier alpha value is -2.28. The van der Waals surface area contributed by atoms with Gasteiger partial charge in [-0.25, -0.2) is 4.98 Å². The molecular formula is C19H28N4. The van der Waals surface area contributed by atoms with Gasteiger partial charge in [-0.15, -0.1) is 0 Å². The smallest absolute Gasteiger partial charge is 0.128 e. The highest BCUT2D eigenvalue weighted by atomic mass is 15.0. The molecule has 2 aromatic heterocycles. The van der Waals surface area contributed by atoms with Crippen LogP contribution in [-0.4, -0.2) is 9.55 Å². The summed E-state index contributed by atoms with van der Waals surface area (Å²) in [5.41, 5.74) is 10.0. The van der Waals surface area contributed by atoms with Crippen LogP contribution in [-0.2, 0) is 6.54 Å². The van der Waals surface area contributed by atoms with E-state index in [-0.39, 0.29) is 0 Å². The lowest BCUT2D eigenvalue weighted by Gasteiger charge is -2.17. The maximum absolute atomic E-state index is 9.41. The zero-order valence-electron chi connectivity index (χ0n) is 15.1. The fourth-order valence-corrected chi connectivity index (χ4v) is 2.82. The fourth-order valence-electron chi connectivity index (χ4n) is 2.82. The molecule has 0 atom stereocenters. The second-order valence-corrected chi connectivity index (χ2v) is 5.94. The van der Waals surface area contributed by atoms with Crippen LogP contribution in [0.25, 0.3) is 0 Å².